The lowest BCUT2D eigenvalue weighted by atomic mass is 10.0. The molecule has 1 aromatic rings. The number of aromatic nitrogens is 2. The summed E-state index contributed by atoms with van der Waals surface area (Å²) in [5, 5.41) is 6.02. The predicted octanol–water partition coefficient (Wildman–Crippen LogP) is 2.56. The Bertz CT molecular complexity index is 427. The van der Waals surface area contributed by atoms with Gasteiger partial charge in [-0.2, -0.15) is 11.8 Å². The third-order valence-electron chi connectivity index (χ3n) is 3.52. The Morgan fingerprint density at radius 3 is 2.55 bits per heavy atom. The first-order valence-electron chi connectivity index (χ1n) is 7.00. The molecule has 20 heavy (non-hydrogen) atoms. The van der Waals surface area contributed by atoms with Crippen LogP contribution in [0.15, 0.2) is 12.4 Å². The highest BCUT2D eigenvalue weighted by Crippen LogP contribution is 2.29. The summed E-state index contributed by atoms with van der Waals surface area (Å²) in [6.45, 7) is 7.67. The number of nitrogens with one attached hydrogen (secondary N) is 2. The van der Waals surface area contributed by atoms with Gasteiger partial charge in [-0.15, -0.1) is 0 Å². The van der Waals surface area contributed by atoms with Crippen LogP contribution in [-0.4, -0.2) is 40.0 Å². The highest BCUT2D eigenvalue weighted by atomic mass is 32.2. The zero-order valence-corrected chi connectivity index (χ0v) is 13.5. The molecular weight excluding hydrogens is 272 g/mol. The highest BCUT2D eigenvalue weighted by molar-refractivity contribution is 8.00. The van der Waals surface area contributed by atoms with Crippen molar-refractivity contribution in [3.05, 3.63) is 18.1 Å². The molecule has 5 nitrogen and oxygen atoms in total. The molecular formula is C14H24N4OS. The van der Waals surface area contributed by atoms with E-state index in [1.165, 1.54) is 6.20 Å². The van der Waals surface area contributed by atoms with Crippen molar-refractivity contribution in [3.8, 4) is 0 Å². The third-order valence-corrected chi connectivity index (χ3v) is 5.11. The Labute approximate surface area is 125 Å². The van der Waals surface area contributed by atoms with Gasteiger partial charge in [0, 0.05) is 17.8 Å². The number of hydrogen-bond acceptors (Lipinski definition) is 5. The third kappa shape index (κ3) is 4.37. The second kappa shape index (κ2) is 8.09. The van der Waals surface area contributed by atoms with Crippen LogP contribution in [0.4, 0.5) is 5.82 Å². The van der Waals surface area contributed by atoms with Crippen LogP contribution in [0.2, 0.25) is 0 Å². The quantitative estimate of drug-likeness (QED) is 0.772. The number of amides is 1. The van der Waals surface area contributed by atoms with E-state index in [1.54, 1.807) is 18.0 Å². The number of thioether (sulfide) groups is 1. The van der Waals surface area contributed by atoms with E-state index in [4.69, 9.17) is 0 Å². The second-order valence-electron chi connectivity index (χ2n) is 4.60. The van der Waals surface area contributed by atoms with Gasteiger partial charge in [-0.25, -0.2) is 4.98 Å². The predicted molar refractivity (Wildman–Crippen MR) is 85.4 cm³/mol. The van der Waals surface area contributed by atoms with Gasteiger partial charge in [0.2, 0.25) is 0 Å². The summed E-state index contributed by atoms with van der Waals surface area (Å²) in [4.78, 5) is 20.4. The molecule has 0 aliphatic rings. The lowest BCUT2D eigenvalue weighted by Gasteiger charge is -2.29. The fourth-order valence-electron chi connectivity index (χ4n) is 1.93. The summed E-state index contributed by atoms with van der Waals surface area (Å²) in [5.74, 6) is 0.458. The van der Waals surface area contributed by atoms with Crippen molar-refractivity contribution in [2.24, 2.45) is 0 Å². The summed E-state index contributed by atoms with van der Waals surface area (Å²) < 4.78 is 0.0996. The molecule has 0 radical (unpaired) electrons. The molecule has 0 bridgehead atoms. The second-order valence-corrected chi connectivity index (χ2v) is 5.87. The maximum absolute atomic E-state index is 12.1. The molecule has 0 aliphatic carbocycles. The molecule has 0 atom stereocenters. The molecule has 2 N–H and O–H groups in total. The molecule has 0 spiro atoms. The van der Waals surface area contributed by atoms with Gasteiger partial charge in [0.05, 0.1) is 12.4 Å². The molecule has 112 valence electrons. The molecule has 6 heteroatoms. The van der Waals surface area contributed by atoms with E-state index in [0.29, 0.717) is 18.1 Å². The largest absolute Gasteiger partial charge is 0.369 e. The van der Waals surface area contributed by atoms with Gasteiger partial charge in [0.1, 0.15) is 11.5 Å². The Morgan fingerprint density at radius 1 is 1.30 bits per heavy atom. The Morgan fingerprint density at radius 2 is 2.00 bits per heavy atom. The Kier molecular flexibility index (Phi) is 6.78. The normalized spacial score (nSPS) is 11.2. The SMILES string of the molecule is CCNc1cncc(C(=O)NCC(CC)(CC)SC)n1. The number of hydrogen-bond donors (Lipinski definition) is 2. The molecule has 1 heterocycles. The Balaban J connectivity index is 2.69. The zero-order valence-electron chi connectivity index (χ0n) is 12.7. The van der Waals surface area contributed by atoms with Gasteiger partial charge in [-0.1, -0.05) is 13.8 Å². The summed E-state index contributed by atoms with van der Waals surface area (Å²) in [6, 6.07) is 0. The lowest BCUT2D eigenvalue weighted by molar-refractivity contribution is 0.0943. The van der Waals surface area contributed by atoms with Crippen molar-refractivity contribution >= 4 is 23.5 Å². The van der Waals surface area contributed by atoms with E-state index in [-0.39, 0.29) is 10.7 Å². The van der Waals surface area contributed by atoms with Crippen LogP contribution in [0.3, 0.4) is 0 Å². The van der Waals surface area contributed by atoms with Crippen LogP contribution in [0.25, 0.3) is 0 Å². The van der Waals surface area contributed by atoms with Gasteiger partial charge in [0.25, 0.3) is 5.91 Å². The molecule has 0 aromatic carbocycles. The minimum absolute atomic E-state index is 0.0996. The summed E-state index contributed by atoms with van der Waals surface area (Å²) >= 11 is 1.80. The van der Waals surface area contributed by atoms with Gasteiger partial charge in [0.15, 0.2) is 0 Å². The monoisotopic (exact) mass is 296 g/mol. The number of carbonyl (C=O) groups excluding carboxylic acids is 1. The van der Waals surface area contributed by atoms with Crippen molar-refractivity contribution in [1.82, 2.24) is 15.3 Å². The van der Waals surface area contributed by atoms with Crippen LogP contribution >= 0.6 is 11.8 Å². The number of rotatable bonds is 8. The fraction of sp³-hybridized carbons (Fsp3) is 0.643. The molecule has 1 aromatic heterocycles. The first-order chi connectivity index (χ1) is 9.60. The Hall–Kier alpha value is -1.30. The average Bonchev–Trinajstić information content (AvgIpc) is 2.49. The first-order valence-corrected chi connectivity index (χ1v) is 8.22. The van der Waals surface area contributed by atoms with Gasteiger partial charge in [-0.3, -0.25) is 9.78 Å². The molecule has 0 fully saturated rings. The molecule has 1 amide bonds. The topological polar surface area (TPSA) is 66.9 Å². The van der Waals surface area contributed by atoms with E-state index in [2.05, 4.69) is 40.7 Å². The highest BCUT2D eigenvalue weighted by Gasteiger charge is 2.25. The average molecular weight is 296 g/mol. The van der Waals surface area contributed by atoms with Crippen molar-refractivity contribution in [2.45, 2.75) is 38.4 Å². The van der Waals surface area contributed by atoms with E-state index >= 15 is 0 Å². The molecule has 1 rings (SSSR count). The smallest absolute Gasteiger partial charge is 0.271 e. The summed E-state index contributed by atoms with van der Waals surface area (Å²) in [5.41, 5.74) is 0.352. The maximum atomic E-state index is 12.1. The number of nitrogens with zero attached hydrogens (tertiary/aromatic N) is 2. The van der Waals surface area contributed by atoms with E-state index in [0.717, 1.165) is 19.4 Å². The van der Waals surface area contributed by atoms with Crippen LogP contribution in [0, 0.1) is 0 Å². The minimum atomic E-state index is -0.169. The van der Waals surface area contributed by atoms with Crippen molar-refractivity contribution in [1.29, 1.82) is 0 Å². The van der Waals surface area contributed by atoms with Crippen LogP contribution < -0.4 is 10.6 Å². The van der Waals surface area contributed by atoms with Crippen LogP contribution in [0.5, 0.6) is 0 Å². The zero-order chi connectivity index (χ0) is 15.0. The van der Waals surface area contributed by atoms with E-state index in [1.807, 2.05) is 6.92 Å². The molecule has 0 saturated carbocycles. The van der Waals surface area contributed by atoms with Crippen molar-refractivity contribution in [3.63, 3.8) is 0 Å². The fourth-order valence-corrected chi connectivity index (χ4v) is 2.73. The lowest BCUT2D eigenvalue weighted by Crippen LogP contribution is -2.39. The first kappa shape index (κ1) is 16.8. The van der Waals surface area contributed by atoms with Crippen molar-refractivity contribution in [2.75, 3.05) is 24.7 Å². The number of carbonyl (C=O) groups is 1. The van der Waals surface area contributed by atoms with E-state index in [9.17, 15) is 4.79 Å². The summed E-state index contributed by atoms with van der Waals surface area (Å²) in [7, 11) is 0. The maximum Gasteiger partial charge on any atom is 0.271 e. The van der Waals surface area contributed by atoms with Crippen LogP contribution in [-0.2, 0) is 0 Å². The molecule has 0 saturated heterocycles. The van der Waals surface area contributed by atoms with Gasteiger partial charge in [-0.05, 0) is 26.0 Å². The van der Waals surface area contributed by atoms with Crippen molar-refractivity contribution < 1.29 is 4.79 Å². The van der Waals surface area contributed by atoms with E-state index < -0.39 is 0 Å². The van der Waals surface area contributed by atoms with Gasteiger partial charge < -0.3 is 10.6 Å². The minimum Gasteiger partial charge on any atom is -0.369 e. The molecule has 0 unspecified atom stereocenters. The van der Waals surface area contributed by atoms with Crippen LogP contribution in [0.1, 0.15) is 44.1 Å². The van der Waals surface area contributed by atoms with Gasteiger partial charge >= 0.3 is 0 Å². The molecule has 0 aliphatic heterocycles. The standard InChI is InChI=1S/C14H24N4OS/c1-5-14(6-2,20-4)10-17-13(19)11-8-15-9-12(18-11)16-7-3/h8-9H,5-7,10H2,1-4H3,(H,16,18)(H,17,19). The number of anilines is 1. The summed E-state index contributed by atoms with van der Waals surface area (Å²) in [6.07, 6.45) is 7.24.